The molecule has 1 heterocycles. The molecule has 0 aliphatic heterocycles. The second-order valence-corrected chi connectivity index (χ2v) is 3.89. The van der Waals surface area contributed by atoms with E-state index in [1.165, 1.54) is 5.56 Å². The molecule has 0 saturated carbocycles. The van der Waals surface area contributed by atoms with Crippen LogP contribution in [0.15, 0.2) is 36.7 Å². The second kappa shape index (κ2) is 4.84. The van der Waals surface area contributed by atoms with Crippen LogP contribution >= 0.6 is 0 Å². The van der Waals surface area contributed by atoms with Crippen LogP contribution in [-0.2, 0) is 13.0 Å². The van der Waals surface area contributed by atoms with Crippen LogP contribution in [0.25, 0.3) is 0 Å². The van der Waals surface area contributed by atoms with E-state index in [9.17, 15) is 5.11 Å². The maximum absolute atomic E-state index is 9.20. The molecule has 0 unspecified atom stereocenters. The monoisotopic (exact) mass is 216 g/mol. The topological polar surface area (TPSA) is 38.0 Å². The molecular formula is C13H16N2O. The first-order chi connectivity index (χ1) is 7.79. The Kier molecular flexibility index (Phi) is 3.25. The van der Waals surface area contributed by atoms with Crippen LogP contribution in [0.3, 0.4) is 0 Å². The van der Waals surface area contributed by atoms with Gasteiger partial charge in [0.25, 0.3) is 0 Å². The first-order valence-corrected chi connectivity index (χ1v) is 5.57. The molecule has 1 aromatic carbocycles. The van der Waals surface area contributed by atoms with Gasteiger partial charge >= 0.3 is 0 Å². The summed E-state index contributed by atoms with van der Waals surface area (Å²) in [6, 6.07) is 7.30. The van der Waals surface area contributed by atoms with E-state index in [0.717, 1.165) is 25.2 Å². The zero-order valence-electron chi connectivity index (χ0n) is 9.43. The molecule has 0 aliphatic carbocycles. The minimum Gasteiger partial charge on any atom is -0.508 e. The predicted molar refractivity (Wildman–Crippen MR) is 63.4 cm³/mol. The molecule has 0 saturated heterocycles. The van der Waals surface area contributed by atoms with Gasteiger partial charge in [-0.15, -0.1) is 0 Å². The molecule has 0 radical (unpaired) electrons. The van der Waals surface area contributed by atoms with Gasteiger partial charge in [-0.25, -0.2) is 4.98 Å². The van der Waals surface area contributed by atoms with Crippen LogP contribution in [0, 0.1) is 0 Å². The van der Waals surface area contributed by atoms with Crippen molar-refractivity contribution in [1.29, 1.82) is 0 Å². The number of rotatable bonds is 4. The van der Waals surface area contributed by atoms with Gasteiger partial charge in [0, 0.05) is 25.4 Å². The van der Waals surface area contributed by atoms with Crippen molar-refractivity contribution >= 4 is 0 Å². The molecule has 3 nitrogen and oxygen atoms in total. The first kappa shape index (κ1) is 10.7. The van der Waals surface area contributed by atoms with Crippen molar-refractivity contribution in [3.8, 4) is 5.75 Å². The summed E-state index contributed by atoms with van der Waals surface area (Å²) >= 11 is 0. The summed E-state index contributed by atoms with van der Waals surface area (Å²) in [4.78, 5) is 4.33. The lowest BCUT2D eigenvalue weighted by Crippen LogP contribution is -2.03. The van der Waals surface area contributed by atoms with Crippen molar-refractivity contribution < 1.29 is 5.11 Å². The van der Waals surface area contributed by atoms with Gasteiger partial charge in [0.05, 0.1) is 0 Å². The molecule has 0 fully saturated rings. The van der Waals surface area contributed by atoms with E-state index in [1.807, 2.05) is 24.5 Å². The van der Waals surface area contributed by atoms with Crippen molar-refractivity contribution in [1.82, 2.24) is 9.55 Å². The van der Waals surface area contributed by atoms with Crippen LogP contribution < -0.4 is 0 Å². The van der Waals surface area contributed by atoms with Gasteiger partial charge in [-0.3, -0.25) is 0 Å². The number of phenolic OH excluding ortho intramolecular Hbond substituents is 1. The lowest BCUT2D eigenvalue weighted by atomic mass is 10.2. The smallest absolute Gasteiger partial charge is 0.115 e. The zero-order valence-corrected chi connectivity index (χ0v) is 9.43. The molecule has 0 amide bonds. The van der Waals surface area contributed by atoms with Crippen molar-refractivity contribution in [3.63, 3.8) is 0 Å². The maximum Gasteiger partial charge on any atom is 0.115 e. The Labute approximate surface area is 95.4 Å². The Morgan fingerprint density at radius 1 is 1.25 bits per heavy atom. The fraction of sp³-hybridized carbons (Fsp3) is 0.308. The fourth-order valence-electron chi connectivity index (χ4n) is 1.73. The van der Waals surface area contributed by atoms with Crippen molar-refractivity contribution in [2.75, 3.05) is 0 Å². The lowest BCUT2D eigenvalue weighted by Gasteiger charge is -2.07. The highest BCUT2D eigenvalue weighted by Gasteiger charge is 2.02. The summed E-state index contributed by atoms with van der Waals surface area (Å²) in [7, 11) is 0. The van der Waals surface area contributed by atoms with Crippen LogP contribution in [0.1, 0.15) is 24.7 Å². The number of aromatic nitrogens is 2. The third-order valence-corrected chi connectivity index (χ3v) is 2.56. The van der Waals surface area contributed by atoms with Crippen molar-refractivity contribution in [2.24, 2.45) is 0 Å². The number of hydrogen-bond acceptors (Lipinski definition) is 2. The number of imidazole rings is 1. The maximum atomic E-state index is 9.20. The minimum atomic E-state index is 0.308. The Hall–Kier alpha value is -1.77. The lowest BCUT2D eigenvalue weighted by molar-refractivity contribution is 0.475. The van der Waals surface area contributed by atoms with E-state index in [2.05, 4.69) is 16.5 Å². The molecule has 0 atom stereocenters. The van der Waals surface area contributed by atoms with Crippen LogP contribution in [0.5, 0.6) is 5.75 Å². The quantitative estimate of drug-likeness (QED) is 0.853. The van der Waals surface area contributed by atoms with Gasteiger partial charge in [-0.2, -0.15) is 0 Å². The Balaban J connectivity index is 2.13. The normalized spacial score (nSPS) is 10.6. The van der Waals surface area contributed by atoms with E-state index in [-0.39, 0.29) is 0 Å². The van der Waals surface area contributed by atoms with E-state index >= 15 is 0 Å². The average Bonchev–Trinajstić information content (AvgIpc) is 2.70. The first-order valence-electron chi connectivity index (χ1n) is 5.57. The third kappa shape index (κ3) is 2.42. The molecule has 84 valence electrons. The highest BCUT2D eigenvalue weighted by atomic mass is 16.3. The number of hydrogen-bond donors (Lipinski definition) is 1. The summed E-state index contributed by atoms with van der Waals surface area (Å²) in [5, 5.41) is 9.20. The second-order valence-electron chi connectivity index (χ2n) is 3.89. The SMILES string of the molecule is CCCc1nccn1Cc1ccc(O)cc1. The zero-order chi connectivity index (χ0) is 11.4. The van der Waals surface area contributed by atoms with Crippen LogP contribution in [0.4, 0.5) is 0 Å². The number of aromatic hydroxyl groups is 1. The number of nitrogens with zero attached hydrogens (tertiary/aromatic N) is 2. The molecular weight excluding hydrogens is 200 g/mol. The van der Waals surface area contributed by atoms with E-state index in [4.69, 9.17) is 0 Å². The number of phenols is 1. The molecule has 1 aromatic heterocycles. The highest BCUT2D eigenvalue weighted by Crippen LogP contribution is 2.12. The van der Waals surface area contributed by atoms with Crippen LogP contribution in [-0.4, -0.2) is 14.7 Å². The standard InChI is InChI=1S/C13H16N2O/c1-2-3-13-14-8-9-15(13)10-11-4-6-12(16)7-5-11/h4-9,16H,2-3,10H2,1H3. The van der Waals surface area contributed by atoms with Gasteiger partial charge in [0.2, 0.25) is 0 Å². The van der Waals surface area contributed by atoms with Gasteiger partial charge in [-0.1, -0.05) is 19.1 Å². The predicted octanol–water partition coefficient (Wildman–Crippen LogP) is 2.59. The molecule has 3 heteroatoms. The summed E-state index contributed by atoms with van der Waals surface area (Å²) in [6.07, 6.45) is 5.95. The molecule has 0 bridgehead atoms. The number of aryl methyl sites for hydroxylation is 1. The van der Waals surface area contributed by atoms with Gasteiger partial charge < -0.3 is 9.67 Å². The van der Waals surface area contributed by atoms with Gasteiger partial charge in [0.15, 0.2) is 0 Å². The van der Waals surface area contributed by atoms with Crippen molar-refractivity contribution in [3.05, 3.63) is 48.0 Å². The van der Waals surface area contributed by atoms with Gasteiger partial charge in [0.1, 0.15) is 11.6 Å². The molecule has 1 N–H and O–H groups in total. The minimum absolute atomic E-state index is 0.308. The fourth-order valence-corrected chi connectivity index (χ4v) is 1.73. The van der Waals surface area contributed by atoms with Crippen LogP contribution in [0.2, 0.25) is 0 Å². The summed E-state index contributed by atoms with van der Waals surface area (Å²) < 4.78 is 2.15. The number of benzene rings is 1. The largest absolute Gasteiger partial charge is 0.508 e. The summed E-state index contributed by atoms with van der Waals surface area (Å²) in [5.41, 5.74) is 1.17. The highest BCUT2D eigenvalue weighted by molar-refractivity contribution is 5.26. The van der Waals surface area contributed by atoms with E-state index < -0.39 is 0 Å². The van der Waals surface area contributed by atoms with Gasteiger partial charge in [-0.05, 0) is 24.1 Å². The summed E-state index contributed by atoms with van der Waals surface area (Å²) in [5.74, 6) is 1.43. The molecule has 2 aromatic rings. The Morgan fingerprint density at radius 2 is 2.00 bits per heavy atom. The molecule has 16 heavy (non-hydrogen) atoms. The van der Waals surface area contributed by atoms with Crippen molar-refractivity contribution in [2.45, 2.75) is 26.3 Å². The summed E-state index contributed by atoms with van der Waals surface area (Å²) in [6.45, 7) is 2.97. The average molecular weight is 216 g/mol. The Morgan fingerprint density at radius 3 is 2.69 bits per heavy atom. The molecule has 0 aliphatic rings. The van der Waals surface area contributed by atoms with E-state index in [1.54, 1.807) is 12.1 Å². The Bertz CT molecular complexity index is 445. The molecule has 0 spiro atoms. The molecule has 2 rings (SSSR count). The third-order valence-electron chi connectivity index (χ3n) is 2.56. The van der Waals surface area contributed by atoms with E-state index in [0.29, 0.717) is 5.75 Å².